The number of non-ortho nitro benzene ring substituents is 1. The molecule has 1 heterocycles. The summed E-state index contributed by atoms with van der Waals surface area (Å²) in [4.78, 5) is 27.5. The maximum atomic E-state index is 12.0. The van der Waals surface area contributed by atoms with Gasteiger partial charge in [-0.1, -0.05) is 35.9 Å². The van der Waals surface area contributed by atoms with Crippen molar-refractivity contribution in [3.05, 3.63) is 91.9 Å². The summed E-state index contributed by atoms with van der Waals surface area (Å²) in [7, 11) is 0. The molecule has 3 aromatic rings. The lowest BCUT2D eigenvalue weighted by Crippen LogP contribution is -2.07. The summed E-state index contributed by atoms with van der Waals surface area (Å²) in [5.41, 5.74) is 1.65. The van der Waals surface area contributed by atoms with Crippen molar-refractivity contribution >= 4 is 45.7 Å². The average molecular weight is 400 g/mol. The average Bonchev–Trinajstić information content (AvgIpc) is 3.09. The molecule has 0 aliphatic rings. The van der Waals surface area contributed by atoms with Gasteiger partial charge in [-0.15, -0.1) is 11.3 Å². The molecule has 0 fully saturated rings. The van der Waals surface area contributed by atoms with Crippen LogP contribution >= 0.6 is 22.9 Å². The lowest BCUT2D eigenvalue weighted by Gasteiger charge is -1.98. The number of rotatable bonds is 6. The minimum absolute atomic E-state index is 0.0238. The molecule has 0 aliphatic carbocycles. The van der Waals surface area contributed by atoms with Gasteiger partial charge in [0, 0.05) is 40.7 Å². The molecule has 1 amide bonds. The second kappa shape index (κ2) is 8.57. The molecule has 3 rings (SSSR count). The number of amides is 1. The van der Waals surface area contributed by atoms with Crippen LogP contribution < -0.4 is 5.32 Å². The Bertz CT molecular complexity index is 999. The van der Waals surface area contributed by atoms with Gasteiger partial charge in [0.15, 0.2) is 5.13 Å². The summed E-state index contributed by atoms with van der Waals surface area (Å²) in [6.07, 6.45) is 5.26. The van der Waals surface area contributed by atoms with Crippen molar-refractivity contribution in [3.8, 4) is 0 Å². The number of benzene rings is 2. The first-order valence-corrected chi connectivity index (χ1v) is 9.12. The highest BCUT2D eigenvalue weighted by molar-refractivity contribution is 7.15. The minimum atomic E-state index is -0.477. The molecule has 0 atom stereocenters. The zero-order chi connectivity index (χ0) is 19.2. The number of nitrogens with zero attached hydrogens (tertiary/aromatic N) is 2. The number of carbonyl (C=O) groups is 1. The highest BCUT2D eigenvalue weighted by Crippen LogP contribution is 2.22. The number of anilines is 1. The van der Waals surface area contributed by atoms with Gasteiger partial charge >= 0.3 is 0 Å². The molecule has 2 aromatic carbocycles. The van der Waals surface area contributed by atoms with Crippen LogP contribution in [-0.4, -0.2) is 15.8 Å². The van der Waals surface area contributed by atoms with Crippen LogP contribution in [0.25, 0.3) is 6.08 Å². The van der Waals surface area contributed by atoms with Crippen molar-refractivity contribution < 1.29 is 9.72 Å². The van der Waals surface area contributed by atoms with Crippen molar-refractivity contribution in [3.63, 3.8) is 0 Å². The third-order valence-corrected chi connectivity index (χ3v) is 4.75. The minimum Gasteiger partial charge on any atom is -0.298 e. The number of nitrogens with one attached hydrogen (secondary N) is 1. The van der Waals surface area contributed by atoms with Crippen LogP contribution in [-0.2, 0) is 11.2 Å². The fourth-order valence-electron chi connectivity index (χ4n) is 2.31. The third-order valence-electron chi connectivity index (χ3n) is 3.58. The van der Waals surface area contributed by atoms with E-state index in [9.17, 15) is 14.9 Å². The molecule has 8 heteroatoms. The normalized spacial score (nSPS) is 10.9. The highest BCUT2D eigenvalue weighted by atomic mass is 35.5. The zero-order valence-electron chi connectivity index (χ0n) is 14.0. The number of halogens is 1. The second-order valence-electron chi connectivity index (χ2n) is 5.61. The first-order chi connectivity index (χ1) is 13.0. The quantitative estimate of drug-likeness (QED) is 0.361. The first-order valence-electron chi connectivity index (χ1n) is 7.92. The van der Waals surface area contributed by atoms with Gasteiger partial charge in [0.25, 0.3) is 5.69 Å². The molecular formula is C19H14ClN3O3S. The van der Waals surface area contributed by atoms with Gasteiger partial charge < -0.3 is 0 Å². The smallest absolute Gasteiger partial charge is 0.270 e. The Balaban J connectivity index is 1.59. The van der Waals surface area contributed by atoms with E-state index in [-0.39, 0.29) is 11.6 Å². The van der Waals surface area contributed by atoms with Crippen LogP contribution in [0.3, 0.4) is 0 Å². The molecule has 1 aromatic heterocycles. The molecular weight excluding hydrogens is 386 g/mol. The van der Waals surface area contributed by atoms with Crippen LogP contribution in [0.1, 0.15) is 16.0 Å². The van der Waals surface area contributed by atoms with Crippen molar-refractivity contribution in [1.29, 1.82) is 0 Å². The Kier molecular flexibility index (Phi) is 5.95. The molecule has 0 saturated carbocycles. The summed E-state index contributed by atoms with van der Waals surface area (Å²) in [6.45, 7) is 0. The van der Waals surface area contributed by atoms with Crippen molar-refractivity contribution in [2.45, 2.75) is 6.42 Å². The van der Waals surface area contributed by atoms with Crippen LogP contribution in [0, 0.1) is 10.1 Å². The Morgan fingerprint density at radius 2 is 2.04 bits per heavy atom. The van der Waals surface area contributed by atoms with E-state index in [1.54, 1.807) is 18.3 Å². The summed E-state index contributed by atoms with van der Waals surface area (Å²) >= 11 is 7.27. The number of hydrogen-bond donors (Lipinski definition) is 1. The predicted octanol–water partition coefficient (Wildman–Crippen LogP) is 4.95. The third kappa shape index (κ3) is 5.47. The van der Waals surface area contributed by atoms with Gasteiger partial charge in [-0.2, -0.15) is 0 Å². The van der Waals surface area contributed by atoms with Crippen LogP contribution in [0.4, 0.5) is 10.8 Å². The van der Waals surface area contributed by atoms with Gasteiger partial charge in [-0.3, -0.25) is 20.2 Å². The molecule has 0 unspecified atom stereocenters. The van der Waals surface area contributed by atoms with Gasteiger partial charge in [0.1, 0.15) is 0 Å². The van der Waals surface area contributed by atoms with E-state index in [0.29, 0.717) is 22.1 Å². The van der Waals surface area contributed by atoms with Crippen molar-refractivity contribution in [1.82, 2.24) is 4.98 Å². The number of hydrogen-bond acceptors (Lipinski definition) is 5. The molecule has 0 bridgehead atoms. The summed E-state index contributed by atoms with van der Waals surface area (Å²) in [5, 5.41) is 14.6. The Hall–Kier alpha value is -3.03. The standard InChI is InChI=1S/C19H14ClN3O3S/c20-15-7-4-14(5-8-15)11-17-12-21-19(27-17)22-18(24)9-6-13-2-1-3-16(10-13)23(25)26/h1-10,12H,11H2,(H,21,22,24)/b9-6+. The fourth-order valence-corrected chi connectivity index (χ4v) is 3.29. The molecule has 0 radical (unpaired) electrons. The molecule has 27 heavy (non-hydrogen) atoms. The number of nitro benzene ring substituents is 1. The van der Waals surface area contributed by atoms with Crippen molar-refractivity contribution in [2.24, 2.45) is 0 Å². The molecule has 6 nitrogen and oxygen atoms in total. The van der Waals surface area contributed by atoms with Gasteiger partial charge in [0.05, 0.1) is 4.92 Å². The van der Waals surface area contributed by atoms with Crippen LogP contribution in [0.15, 0.2) is 60.8 Å². The van der Waals surface area contributed by atoms with E-state index < -0.39 is 4.92 Å². The Morgan fingerprint density at radius 3 is 2.78 bits per heavy atom. The van der Waals surface area contributed by atoms with E-state index in [2.05, 4.69) is 10.3 Å². The highest BCUT2D eigenvalue weighted by Gasteiger charge is 2.07. The van der Waals surface area contributed by atoms with Crippen molar-refractivity contribution in [2.75, 3.05) is 5.32 Å². The second-order valence-corrected chi connectivity index (χ2v) is 7.16. The fraction of sp³-hybridized carbons (Fsp3) is 0.0526. The van der Waals surface area contributed by atoms with Gasteiger partial charge in [-0.05, 0) is 29.3 Å². The van der Waals surface area contributed by atoms with Gasteiger partial charge in [0.2, 0.25) is 5.91 Å². The molecule has 0 aliphatic heterocycles. The summed E-state index contributed by atoms with van der Waals surface area (Å²) in [6, 6.07) is 13.6. The maximum absolute atomic E-state index is 12.0. The summed E-state index contributed by atoms with van der Waals surface area (Å²) < 4.78 is 0. The first kappa shape index (κ1) is 18.8. The Morgan fingerprint density at radius 1 is 1.26 bits per heavy atom. The largest absolute Gasteiger partial charge is 0.298 e. The molecule has 0 spiro atoms. The molecule has 0 saturated heterocycles. The summed E-state index contributed by atoms with van der Waals surface area (Å²) in [5.74, 6) is -0.353. The number of carbonyl (C=O) groups excluding carboxylic acids is 1. The van der Waals surface area contributed by atoms with E-state index >= 15 is 0 Å². The molecule has 136 valence electrons. The van der Waals surface area contributed by atoms with E-state index in [1.165, 1.54) is 35.6 Å². The van der Waals surface area contributed by atoms with E-state index in [1.807, 2.05) is 24.3 Å². The number of nitro groups is 1. The topological polar surface area (TPSA) is 85.1 Å². The van der Waals surface area contributed by atoms with E-state index in [0.717, 1.165) is 10.4 Å². The van der Waals surface area contributed by atoms with E-state index in [4.69, 9.17) is 11.6 Å². The Labute approximate surface area is 164 Å². The lowest BCUT2D eigenvalue weighted by atomic mass is 10.1. The monoisotopic (exact) mass is 399 g/mol. The molecule has 1 N–H and O–H groups in total. The van der Waals surface area contributed by atoms with Crippen LogP contribution in [0.5, 0.6) is 0 Å². The van der Waals surface area contributed by atoms with Gasteiger partial charge in [-0.25, -0.2) is 4.98 Å². The van der Waals surface area contributed by atoms with Crippen LogP contribution in [0.2, 0.25) is 5.02 Å². The lowest BCUT2D eigenvalue weighted by molar-refractivity contribution is -0.384. The predicted molar refractivity (Wildman–Crippen MR) is 107 cm³/mol. The SMILES string of the molecule is O=C(/C=C/c1cccc([N+](=O)[O-])c1)Nc1ncc(Cc2ccc(Cl)cc2)s1. The zero-order valence-corrected chi connectivity index (χ0v) is 15.5. The maximum Gasteiger partial charge on any atom is 0.270 e. The number of aromatic nitrogens is 1. The number of thiazole rings is 1.